The predicted molar refractivity (Wildman–Crippen MR) is 309 cm³/mol. The number of carbonyl (C=O) groups excluding carboxylic acids is 6. The molecule has 0 saturated carbocycles. The highest BCUT2D eigenvalue weighted by Crippen LogP contribution is 2.16. The Bertz CT molecular complexity index is 2880. The average molecular weight is 1190 g/mol. The molecule has 27 heteroatoms. The van der Waals surface area contributed by atoms with Gasteiger partial charge in [-0.2, -0.15) is 0 Å². The van der Waals surface area contributed by atoms with Crippen molar-refractivity contribution in [1.82, 2.24) is 67.0 Å². The van der Waals surface area contributed by atoms with Gasteiger partial charge >= 0.3 is 24.1 Å². The Labute approximate surface area is 494 Å². The van der Waals surface area contributed by atoms with Crippen molar-refractivity contribution < 1.29 is 57.2 Å². The van der Waals surface area contributed by atoms with Gasteiger partial charge in [0.1, 0.15) is 25.3 Å². The zero-order chi connectivity index (χ0) is 59.7. The number of halogens is 1. The molecule has 26 nitrogen and oxygen atoms in total. The number of likely N-dealkylation sites (N-methyl/N-ethyl adjacent to an activating group) is 1. The normalized spacial score (nSPS) is 11.7. The highest BCUT2D eigenvalue weighted by atomic mass is 35.5. The maximum absolute atomic E-state index is 12.9. The number of nitrogens with two attached hydrogens (primary N) is 1. The molecule has 7 N–H and O–H groups in total. The fourth-order valence-corrected chi connectivity index (χ4v) is 7.17. The molecule has 0 bridgehead atoms. The second kappa shape index (κ2) is 36.9. The van der Waals surface area contributed by atoms with E-state index in [1.807, 2.05) is 72.8 Å². The summed E-state index contributed by atoms with van der Waals surface area (Å²) in [7, 11) is 1.70. The summed E-state index contributed by atoms with van der Waals surface area (Å²) in [5.74, 6) is -0.692. The summed E-state index contributed by atoms with van der Waals surface area (Å²) in [6.07, 6.45) is 1.22. The van der Waals surface area contributed by atoms with E-state index in [1.54, 1.807) is 83.3 Å². The SMILES string of the molecule is CC(C)(N)C(=O)N[C@H](COCc1ccccc1)c1nnnn1CCOC(=O)NCCCCOC(=O)c1ccccc1.CNC(C)(C)C(=O)N[C@H](COCc1ccccc1)c1nnnn1CCOC(=O)NCCCCOC(=O)c1ccccc1.Cl. The molecule has 0 aliphatic heterocycles. The highest BCUT2D eigenvalue weighted by Gasteiger charge is 2.31. The Balaban J connectivity index is 0.000000356. The Morgan fingerprint density at radius 2 is 0.905 bits per heavy atom. The lowest BCUT2D eigenvalue weighted by Crippen LogP contribution is -2.52. The first kappa shape index (κ1) is 68.1. The smallest absolute Gasteiger partial charge is 0.407 e. The molecular weight excluding hydrogens is 1110 g/mol. The molecule has 0 radical (unpaired) electrons. The van der Waals surface area contributed by atoms with E-state index in [-0.39, 0.29) is 83.0 Å². The van der Waals surface area contributed by atoms with Crippen molar-refractivity contribution in [2.75, 3.05) is 59.8 Å². The summed E-state index contributed by atoms with van der Waals surface area (Å²) >= 11 is 0. The van der Waals surface area contributed by atoms with E-state index in [2.05, 4.69) is 57.6 Å². The van der Waals surface area contributed by atoms with E-state index in [9.17, 15) is 28.8 Å². The van der Waals surface area contributed by atoms with Crippen molar-refractivity contribution >= 4 is 48.3 Å². The van der Waals surface area contributed by atoms with Crippen molar-refractivity contribution in [2.24, 2.45) is 5.73 Å². The Morgan fingerprint density at radius 3 is 1.29 bits per heavy atom. The summed E-state index contributed by atoms with van der Waals surface area (Å²) in [6, 6.07) is 35.5. The third-order valence-electron chi connectivity index (χ3n) is 12.2. The molecule has 84 heavy (non-hydrogen) atoms. The van der Waals surface area contributed by atoms with E-state index in [4.69, 9.17) is 34.2 Å². The number of carbonyl (C=O) groups is 6. The first-order chi connectivity index (χ1) is 40.0. The van der Waals surface area contributed by atoms with Crippen molar-refractivity contribution in [3.05, 3.63) is 155 Å². The van der Waals surface area contributed by atoms with Crippen LogP contribution in [0, 0.1) is 0 Å². The van der Waals surface area contributed by atoms with E-state index in [0.29, 0.717) is 74.8 Å². The molecule has 6 aromatic rings. The van der Waals surface area contributed by atoms with Crippen LogP contribution >= 0.6 is 12.4 Å². The van der Waals surface area contributed by atoms with Crippen LogP contribution in [0.5, 0.6) is 0 Å². The molecule has 454 valence electrons. The molecule has 2 atom stereocenters. The quantitative estimate of drug-likeness (QED) is 0.0180. The first-order valence-corrected chi connectivity index (χ1v) is 27.1. The molecule has 2 heterocycles. The van der Waals surface area contributed by atoms with Gasteiger partial charge in [-0.15, -0.1) is 22.6 Å². The summed E-state index contributed by atoms with van der Waals surface area (Å²) in [4.78, 5) is 73.6. The van der Waals surface area contributed by atoms with Crippen LogP contribution in [0.1, 0.15) is 109 Å². The van der Waals surface area contributed by atoms with Gasteiger partial charge in [0.2, 0.25) is 11.8 Å². The maximum atomic E-state index is 12.9. The zero-order valence-electron chi connectivity index (χ0n) is 48.0. The van der Waals surface area contributed by atoms with Gasteiger partial charge in [-0.05, 0) is 117 Å². The largest absolute Gasteiger partial charge is 0.462 e. The highest BCUT2D eigenvalue weighted by molar-refractivity contribution is 5.90. The summed E-state index contributed by atoms with van der Waals surface area (Å²) in [5, 5.41) is 37.7. The van der Waals surface area contributed by atoms with E-state index < -0.39 is 41.3 Å². The number of amides is 4. The number of nitrogens with zero attached hydrogens (tertiary/aromatic N) is 8. The molecular formula is C57H77ClN14O12. The Morgan fingerprint density at radius 1 is 0.524 bits per heavy atom. The Kier molecular flexibility index (Phi) is 29.9. The lowest BCUT2D eigenvalue weighted by molar-refractivity contribution is -0.128. The first-order valence-electron chi connectivity index (χ1n) is 27.1. The molecule has 0 aliphatic rings. The third kappa shape index (κ3) is 25.0. The number of tetrazole rings is 2. The number of unbranched alkanes of at least 4 members (excludes halogenated alkanes) is 2. The average Bonchev–Trinajstić information content (AvgIpc) is 4.31. The van der Waals surface area contributed by atoms with Gasteiger partial charge in [0.05, 0.1) is 74.9 Å². The zero-order valence-corrected chi connectivity index (χ0v) is 48.8. The number of aromatic nitrogens is 8. The molecule has 0 saturated heterocycles. The molecule has 0 fully saturated rings. The molecule has 6 rings (SSSR count). The molecule has 0 unspecified atom stereocenters. The van der Waals surface area contributed by atoms with Gasteiger partial charge in [-0.25, -0.2) is 28.5 Å². The number of esters is 2. The molecule has 0 aliphatic carbocycles. The van der Waals surface area contributed by atoms with Crippen LogP contribution in [0.4, 0.5) is 9.59 Å². The van der Waals surface area contributed by atoms with Crippen molar-refractivity contribution in [1.29, 1.82) is 0 Å². The van der Waals surface area contributed by atoms with E-state index >= 15 is 0 Å². The molecule has 2 aromatic heterocycles. The number of ether oxygens (including phenoxy) is 6. The number of benzene rings is 4. The minimum Gasteiger partial charge on any atom is -0.462 e. The van der Waals surface area contributed by atoms with Crippen LogP contribution in [-0.2, 0) is 64.3 Å². The second-order valence-corrected chi connectivity index (χ2v) is 19.7. The van der Waals surface area contributed by atoms with Crippen LogP contribution < -0.4 is 32.3 Å². The van der Waals surface area contributed by atoms with Gasteiger partial charge in [0, 0.05) is 13.1 Å². The van der Waals surface area contributed by atoms with Crippen LogP contribution in [-0.4, -0.2) is 147 Å². The molecule has 0 spiro atoms. The fraction of sp³-hybridized carbons (Fsp3) is 0.439. The number of alkyl carbamates (subject to hydrolysis) is 2. The number of hydrogen-bond acceptors (Lipinski definition) is 20. The van der Waals surface area contributed by atoms with E-state index in [0.717, 1.165) is 11.1 Å². The minimum absolute atomic E-state index is 0. The van der Waals surface area contributed by atoms with Crippen LogP contribution in [0.15, 0.2) is 121 Å². The van der Waals surface area contributed by atoms with Gasteiger partial charge in [0.25, 0.3) is 0 Å². The van der Waals surface area contributed by atoms with Crippen LogP contribution in [0.25, 0.3) is 0 Å². The number of rotatable bonds is 33. The molecule has 4 amide bonds. The van der Waals surface area contributed by atoms with Gasteiger partial charge in [-0.3, -0.25) is 9.59 Å². The fourth-order valence-electron chi connectivity index (χ4n) is 7.17. The van der Waals surface area contributed by atoms with Crippen molar-refractivity contribution in [2.45, 2.75) is 103 Å². The topological polar surface area (TPSA) is 331 Å². The lowest BCUT2D eigenvalue weighted by atomic mass is 10.0. The van der Waals surface area contributed by atoms with Crippen LogP contribution in [0.3, 0.4) is 0 Å². The second-order valence-electron chi connectivity index (χ2n) is 19.7. The monoisotopic (exact) mass is 1180 g/mol. The van der Waals surface area contributed by atoms with Crippen molar-refractivity contribution in [3.63, 3.8) is 0 Å². The summed E-state index contributed by atoms with van der Waals surface area (Å²) in [6.45, 7) is 9.18. The van der Waals surface area contributed by atoms with Gasteiger partial charge in [-0.1, -0.05) is 97.1 Å². The predicted octanol–water partition coefficient (Wildman–Crippen LogP) is 4.98. The lowest BCUT2D eigenvalue weighted by Gasteiger charge is -2.26. The van der Waals surface area contributed by atoms with Gasteiger partial charge < -0.3 is 60.7 Å². The van der Waals surface area contributed by atoms with Crippen molar-refractivity contribution in [3.8, 4) is 0 Å². The Hall–Kier alpha value is -8.43. The molecule has 4 aromatic carbocycles. The van der Waals surface area contributed by atoms with Gasteiger partial charge in [0.15, 0.2) is 11.6 Å². The minimum atomic E-state index is -1.12. The number of nitrogens with one attached hydrogen (secondary N) is 5. The number of hydrogen-bond donors (Lipinski definition) is 6. The third-order valence-corrected chi connectivity index (χ3v) is 12.2. The maximum Gasteiger partial charge on any atom is 0.407 e. The summed E-state index contributed by atoms with van der Waals surface area (Å²) in [5.41, 5.74) is 6.97. The van der Waals surface area contributed by atoms with Crippen LogP contribution in [0.2, 0.25) is 0 Å². The standard InChI is InChI=1S/C29H39N7O6.C28H37N7O6.ClH/c1-29(2,30-3)27(38)32-24(21-40-20-22-12-6-4-7-13-22)25-33-34-35-36(25)17-19-42-28(39)31-16-10-11-18-41-26(37)23-14-8-5-9-15-23;1-28(2,29)26(37)31-23(20-39-19-21-11-5-3-6-12-21)24-32-33-34-35(24)16-18-41-27(38)30-15-9-10-17-40-25(36)22-13-7-4-8-14-22;/h4-9,12-15,24,30H,10-11,16-21H2,1-3H3,(H,31,39)(H,32,38);3-8,11-14,23H,9-10,15-20,29H2,1-2H3,(H,30,38)(H,31,37);1H/t24-;23-;/m11./s1. The summed E-state index contributed by atoms with van der Waals surface area (Å²) < 4.78 is 35.6. The van der Waals surface area contributed by atoms with E-state index in [1.165, 1.54) is 9.36 Å².